The summed E-state index contributed by atoms with van der Waals surface area (Å²) in [5.41, 5.74) is 1.27. The molecular weight excluding hydrogens is 148 g/mol. The average molecular weight is 168 g/mol. The van der Waals surface area contributed by atoms with Gasteiger partial charge in [0.2, 0.25) is 0 Å². The van der Waals surface area contributed by atoms with Crippen molar-refractivity contribution in [2.45, 2.75) is 33.6 Å². The van der Waals surface area contributed by atoms with Gasteiger partial charge in [-0.15, -0.1) is 0 Å². The largest absolute Gasteiger partial charge is 0.395 e. The highest BCUT2D eigenvalue weighted by Crippen LogP contribution is 2.47. The topological polar surface area (TPSA) is 20.2 Å². The normalized spacial score (nSPS) is 36.4. The second-order valence-electron chi connectivity index (χ2n) is 4.63. The van der Waals surface area contributed by atoms with Gasteiger partial charge in [0.1, 0.15) is 0 Å². The Bertz CT molecular complexity index is 183. The minimum atomic E-state index is 0.00887. The standard InChI is InChI=1S/C11H20O/c1-8(2)10-5-6-11(4,7-12)9(10)3/h8,10,12H,3,5-7H2,1-2,4H3/t10-,11-/m1/s1. The fourth-order valence-corrected chi connectivity index (χ4v) is 2.17. The van der Waals surface area contributed by atoms with Crippen LogP contribution in [0.25, 0.3) is 0 Å². The monoisotopic (exact) mass is 168 g/mol. The maximum atomic E-state index is 9.23. The Morgan fingerprint density at radius 1 is 1.67 bits per heavy atom. The Morgan fingerprint density at radius 2 is 2.25 bits per heavy atom. The molecule has 0 radical (unpaired) electrons. The molecule has 1 nitrogen and oxygen atoms in total. The van der Waals surface area contributed by atoms with Gasteiger partial charge in [0.25, 0.3) is 0 Å². The SMILES string of the molecule is C=C1[C@@H](C(C)C)CC[C@]1(C)CO. The van der Waals surface area contributed by atoms with Gasteiger partial charge in [-0.05, 0) is 24.7 Å². The number of hydrogen-bond donors (Lipinski definition) is 1. The third-order valence-corrected chi connectivity index (χ3v) is 3.38. The van der Waals surface area contributed by atoms with Gasteiger partial charge in [-0.1, -0.05) is 32.9 Å². The molecule has 0 aromatic carbocycles. The summed E-state index contributed by atoms with van der Waals surface area (Å²) in [7, 11) is 0. The molecule has 0 heterocycles. The van der Waals surface area contributed by atoms with Gasteiger partial charge in [-0.2, -0.15) is 0 Å². The summed E-state index contributed by atoms with van der Waals surface area (Å²) < 4.78 is 0. The van der Waals surface area contributed by atoms with Crippen LogP contribution in [0.4, 0.5) is 0 Å². The average Bonchev–Trinajstić information content (AvgIpc) is 2.30. The molecule has 0 amide bonds. The third kappa shape index (κ3) is 1.42. The first-order chi connectivity index (χ1) is 5.51. The molecule has 1 heteroatoms. The van der Waals surface area contributed by atoms with Crippen molar-refractivity contribution >= 4 is 0 Å². The van der Waals surface area contributed by atoms with E-state index in [0.717, 1.165) is 6.42 Å². The smallest absolute Gasteiger partial charge is 0.0522 e. The van der Waals surface area contributed by atoms with E-state index in [4.69, 9.17) is 0 Å². The lowest BCUT2D eigenvalue weighted by atomic mass is 9.81. The molecule has 0 saturated heterocycles. The number of aliphatic hydroxyl groups is 1. The molecule has 0 aromatic heterocycles. The maximum absolute atomic E-state index is 9.23. The molecule has 70 valence electrons. The fraction of sp³-hybridized carbons (Fsp3) is 0.818. The van der Waals surface area contributed by atoms with Crippen molar-refractivity contribution in [3.63, 3.8) is 0 Å². The Kier molecular flexibility index (Phi) is 2.62. The minimum absolute atomic E-state index is 0.00887. The van der Waals surface area contributed by atoms with Crippen LogP contribution in [0.2, 0.25) is 0 Å². The minimum Gasteiger partial charge on any atom is -0.395 e. The van der Waals surface area contributed by atoms with Gasteiger partial charge in [0.05, 0.1) is 6.61 Å². The zero-order valence-electron chi connectivity index (χ0n) is 8.43. The maximum Gasteiger partial charge on any atom is 0.0522 e. The van der Waals surface area contributed by atoms with E-state index in [1.54, 1.807) is 0 Å². The zero-order chi connectivity index (χ0) is 9.35. The molecule has 12 heavy (non-hydrogen) atoms. The van der Waals surface area contributed by atoms with Crippen LogP contribution in [0.5, 0.6) is 0 Å². The van der Waals surface area contributed by atoms with Gasteiger partial charge < -0.3 is 5.11 Å². The molecule has 1 aliphatic rings. The Morgan fingerprint density at radius 3 is 2.50 bits per heavy atom. The van der Waals surface area contributed by atoms with E-state index in [9.17, 15) is 5.11 Å². The summed E-state index contributed by atoms with van der Waals surface area (Å²) in [6, 6.07) is 0. The molecular formula is C11H20O. The second kappa shape index (κ2) is 3.21. The van der Waals surface area contributed by atoms with Crippen molar-refractivity contribution in [2.24, 2.45) is 17.3 Å². The lowest BCUT2D eigenvalue weighted by Crippen LogP contribution is -2.21. The summed E-state index contributed by atoms with van der Waals surface area (Å²) in [5.74, 6) is 1.30. The summed E-state index contributed by atoms with van der Waals surface area (Å²) in [5, 5.41) is 9.23. The quantitative estimate of drug-likeness (QED) is 0.628. The Labute approximate surface area is 75.5 Å². The van der Waals surface area contributed by atoms with E-state index in [2.05, 4.69) is 27.4 Å². The molecule has 1 rings (SSSR count). The Balaban J connectivity index is 2.74. The molecule has 1 saturated carbocycles. The van der Waals surface area contributed by atoms with Gasteiger partial charge in [-0.3, -0.25) is 0 Å². The summed E-state index contributed by atoms with van der Waals surface area (Å²) >= 11 is 0. The molecule has 0 aromatic rings. The van der Waals surface area contributed by atoms with Crippen LogP contribution in [0.3, 0.4) is 0 Å². The van der Waals surface area contributed by atoms with Crippen LogP contribution in [0.15, 0.2) is 12.2 Å². The lowest BCUT2D eigenvalue weighted by molar-refractivity contribution is 0.178. The fourth-order valence-electron chi connectivity index (χ4n) is 2.17. The van der Waals surface area contributed by atoms with Gasteiger partial charge >= 0.3 is 0 Å². The van der Waals surface area contributed by atoms with E-state index in [1.807, 2.05) is 0 Å². The lowest BCUT2D eigenvalue weighted by Gasteiger charge is -2.25. The van der Waals surface area contributed by atoms with Crippen LogP contribution in [-0.4, -0.2) is 11.7 Å². The third-order valence-electron chi connectivity index (χ3n) is 3.38. The molecule has 1 fully saturated rings. The van der Waals surface area contributed by atoms with Crippen LogP contribution in [0, 0.1) is 17.3 Å². The van der Waals surface area contributed by atoms with Crippen LogP contribution >= 0.6 is 0 Å². The van der Waals surface area contributed by atoms with Crippen molar-refractivity contribution in [3.05, 3.63) is 12.2 Å². The zero-order valence-corrected chi connectivity index (χ0v) is 8.43. The molecule has 0 spiro atoms. The number of hydrogen-bond acceptors (Lipinski definition) is 1. The van der Waals surface area contributed by atoms with E-state index >= 15 is 0 Å². The first kappa shape index (κ1) is 9.79. The van der Waals surface area contributed by atoms with E-state index in [0.29, 0.717) is 11.8 Å². The van der Waals surface area contributed by atoms with Crippen LogP contribution in [-0.2, 0) is 0 Å². The highest BCUT2D eigenvalue weighted by atomic mass is 16.3. The predicted octanol–water partition coefficient (Wildman–Crippen LogP) is 2.61. The summed E-state index contributed by atoms with van der Waals surface area (Å²) in [6.45, 7) is 11.0. The van der Waals surface area contributed by atoms with E-state index in [1.165, 1.54) is 12.0 Å². The first-order valence-electron chi connectivity index (χ1n) is 4.81. The molecule has 1 N–H and O–H groups in total. The van der Waals surface area contributed by atoms with E-state index in [-0.39, 0.29) is 12.0 Å². The Hall–Kier alpha value is -0.300. The van der Waals surface area contributed by atoms with Crippen LogP contribution in [0.1, 0.15) is 33.6 Å². The van der Waals surface area contributed by atoms with E-state index < -0.39 is 0 Å². The number of aliphatic hydroxyl groups excluding tert-OH is 1. The van der Waals surface area contributed by atoms with Crippen molar-refractivity contribution in [3.8, 4) is 0 Å². The van der Waals surface area contributed by atoms with Gasteiger partial charge in [-0.25, -0.2) is 0 Å². The summed E-state index contributed by atoms with van der Waals surface area (Å²) in [4.78, 5) is 0. The molecule has 0 aliphatic heterocycles. The van der Waals surface area contributed by atoms with Gasteiger partial charge in [0, 0.05) is 5.41 Å². The van der Waals surface area contributed by atoms with Crippen LogP contribution < -0.4 is 0 Å². The molecule has 1 aliphatic carbocycles. The highest BCUT2D eigenvalue weighted by molar-refractivity contribution is 5.18. The second-order valence-corrected chi connectivity index (χ2v) is 4.63. The van der Waals surface area contributed by atoms with Crippen molar-refractivity contribution in [1.82, 2.24) is 0 Å². The molecule has 0 unspecified atom stereocenters. The number of rotatable bonds is 2. The summed E-state index contributed by atoms with van der Waals surface area (Å²) in [6.07, 6.45) is 2.30. The first-order valence-corrected chi connectivity index (χ1v) is 4.81. The van der Waals surface area contributed by atoms with Crippen molar-refractivity contribution in [2.75, 3.05) is 6.61 Å². The highest BCUT2D eigenvalue weighted by Gasteiger charge is 2.39. The van der Waals surface area contributed by atoms with Crippen molar-refractivity contribution < 1.29 is 5.11 Å². The molecule has 0 bridgehead atoms. The molecule has 2 atom stereocenters. The van der Waals surface area contributed by atoms with Crippen molar-refractivity contribution in [1.29, 1.82) is 0 Å². The van der Waals surface area contributed by atoms with Gasteiger partial charge in [0.15, 0.2) is 0 Å². The predicted molar refractivity (Wildman–Crippen MR) is 51.9 cm³/mol.